The molecule has 0 aliphatic carbocycles. The summed E-state index contributed by atoms with van der Waals surface area (Å²) in [7, 11) is 1.66. The number of hydrogen-bond donors (Lipinski definition) is 0. The molecule has 2 aromatic carbocycles. The zero-order valence-corrected chi connectivity index (χ0v) is 13.3. The Morgan fingerprint density at radius 1 is 1.14 bits per heavy atom. The third kappa shape index (κ3) is 2.60. The topological polar surface area (TPSA) is 18.5 Å². The lowest BCUT2D eigenvalue weighted by Gasteiger charge is -2.17. The van der Waals surface area contributed by atoms with Crippen LogP contribution >= 0.6 is 11.6 Å². The van der Waals surface area contributed by atoms with E-state index < -0.39 is 0 Å². The normalized spacial score (nSPS) is 17.0. The fourth-order valence-electron chi connectivity index (χ4n) is 2.69. The Kier molecular flexibility index (Phi) is 3.58. The summed E-state index contributed by atoms with van der Waals surface area (Å²) in [5, 5.41) is -0.193. The van der Waals surface area contributed by atoms with E-state index in [1.54, 1.807) is 7.11 Å². The molecule has 1 aliphatic rings. The highest BCUT2D eigenvalue weighted by atomic mass is 35.5. The zero-order chi connectivity index (χ0) is 15.0. The lowest BCUT2D eigenvalue weighted by atomic mass is 9.85. The van der Waals surface area contributed by atoms with Gasteiger partial charge in [0.05, 0.1) is 19.1 Å². The van der Waals surface area contributed by atoms with Crippen LogP contribution in [0.25, 0.3) is 0 Å². The van der Waals surface area contributed by atoms with Crippen LogP contribution in [0.5, 0.6) is 11.5 Å². The van der Waals surface area contributed by atoms with Gasteiger partial charge in [-0.3, -0.25) is 0 Å². The number of benzene rings is 2. The number of fused-ring (bicyclic) bond motifs is 1. The second-order valence-electron chi connectivity index (χ2n) is 6.07. The van der Waals surface area contributed by atoms with Gasteiger partial charge in [-0.05, 0) is 35.4 Å². The third-order valence-electron chi connectivity index (χ3n) is 4.00. The molecule has 0 fully saturated rings. The van der Waals surface area contributed by atoms with Crippen LogP contribution in [0, 0.1) is 0 Å². The molecular weight excluding hydrogens is 284 g/mol. The summed E-state index contributed by atoms with van der Waals surface area (Å²) in [4.78, 5) is 0. The molecule has 3 rings (SSSR count). The van der Waals surface area contributed by atoms with Gasteiger partial charge >= 0.3 is 0 Å². The minimum absolute atomic E-state index is 0.0380. The van der Waals surface area contributed by atoms with Crippen LogP contribution in [-0.4, -0.2) is 13.7 Å². The van der Waals surface area contributed by atoms with Crippen molar-refractivity contribution in [1.82, 2.24) is 0 Å². The average molecular weight is 303 g/mol. The number of rotatable bonds is 3. The van der Waals surface area contributed by atoms with Crippen molar-refractivity contribution in [2.24, 2.45) is 0 Å². The highest BCUT2D eigenvalue weighted by molar-refractivity contribution is 6.22. The van der Waals surface area contributed by atoms with Crippen molar-refractivity contribution in [2.75, 3.05) is 13.7 Å². The maximum absolute atomic E-state index is 6.66. The monoisotopic (exact) mass is 302 g/mol. The van der Waals surface area contributed by atoms with Crippen molar-refractivity contribution >= 4 is 11.6 Å². The molecule has 1 aliphatic heterocycles. The SMILES string of the molecule is COc1cccc(C(Cl)c2ccc3c(c2)C(C)(C)CO3)c1. The Balaban J connectivity index is 1.97. The van der Waals surface area contributed by atoms with Crippen molar-refractivity contribution in [1.29, 1.82) is 0 Å². The molecule has 0 bridgehead atoms. The molecule has 110 valence electrons. The molecule has 1 heterocycles. The zero-order valence-electron chi connectivity index (χ0n) is 12.5. The molecule has 0 amide bonds. The van der Waals surface area contributed by atoms with E-state index in [9.17, 15) is 0 Å². The predicted molar refractivity (Wildman–Crippen MR) is 85.7 cm³/mol. The summed E-state index contributed by atoms with van der Waals surface area (Å²) in [5.41, 5.74) is 3.39. The fraction of sp³-hybridized carbons (Fsp3) is 0.333. The fourth-order valence-corrected chi connectivity index (χ4v) is 2.96. The summed E-state index contributed by atoms with van der Waals surface area (Å²) < 4.78 is 11.0. The third-order valence-corrected chi connectivity index (χ3v) is 4.50. The Labute approximate surface area is 130 Å². The Bertz CT molecular complexity index is 664. The Morgan fingerprint density at radius 3 is 2.67 bits per heavy atom. The molecule has 3 heteroatoms. The van der Waals surface area contributed by atoms with E-state index in [2.05, 4.69) is 19.9 Å². The maximum atomic E-state index is 6.66. The van der Waals surface area contributed by atoms with Crippen molar-refractivity contribution in [3.63, 3.8) is 0 Å². The van der Waals surface area contributed by atoms with Crippen molar-refractivity contribution < 1.29 is 9.47 Å². The molecule has 0 saturated carbocycles. The molecule has 0 aromatic heterocycles. The number of methoxy groups -OCH3 is 1. The summed E-state index contributed by atoms with van der Waals surface area (Å²) >= 11 is 6.66. The smallest absolute Gasteiger partial charge is 0.123 e. The van der Waals surface area contributed by atoms with Gasteiger partial charge in [-0.2, -0.15) is 0 Å². The van der Waals surface area contributed by atoms with Crippen molar-refractivity contribution in [3.05, 3.63) is 59.2 Å². The van der Waals surface area contributed by atoms with Gasteiger partial charge in [-0.1, -0.05) is 32.0 Å². The van der Waals surface area contributed by atoms with Crippen LogP contribution in [0.1, 0.15) is 35.9 Å². The van der Waals surface area contributed by atoms with Crippen molar-refractivity contribution in [2.45, 2.75) is 24.6 Å². The van der Waals surface area contributed by atoms with Gasteiger partial charge in [0, 0.05) is 11.0 Å². The van der Waals surface area contributed by atoms with E-state index in [1.807, 2.05) is 36.4 Å². The highest BCUT2D eigenvalue weighted by Crippen LogP contribution is 2.41. The summed E-state index contributed by atoms with van der Waals surface area (Å²) in [5.74, 6) is 1.79. The van der Waals surface area contributed by atoms with Gasteiger partial charge in [0.15, 0.2) is 0 Å². The van der Waals surface area contributed by atoms with E-state index in [4.69, 9.17) is 21.1 Å². The van der Waals surface area contributed by atoms with Crippen molar-refractivity contribution in [3.8, 4) is 11.5 Å². The van der Waals surface area contributed by atoms with E-state index in [-0.39, 0.29) is 10.8 Å². The van der Waals surface area contributed by atoms with E-state index in [1.165, 1.54) is 5.56 Å². The van der Waals surface area contributed by atoms with Gasteiger partial charge < -0.3 is 9.47 Å². The minimum atomic E-state index is -0.193. The molecule has 2 nitrogen and oxygen atoms in total. The van der Waals surface area contributed by atoms with E-state index in [0.29, 0.717) is 0 Å². The molecule has 1 atom stereocenters. The first-order valence-electron chi connectivity index (χ1n) is 7.06. The molecule has 0 spiro atoms. The lowest BCUT2D eigenvalue weighted by Crippen LogP contribution is -2.18. The van der Waals surface area contributed by atoms with Crippen LogP contribution < -0.4 is 9.47 Å². The highest BCUT2D eigenvalue weighted by Gasteiger charge is 2.32. The molecule has 21 heavy (non-hydrogen) atoms. The standard InChI is InChI=1S/C18H19ClO2/c1-18(2)11-21-16-8-7-13(10-15(16)18)17(19)12-5-4-6-14(9-12)20-3/h4-10,17H,11H2,1-3H3. The van der Waals surface area contributed by atoms with E-state index in [0.717, 1.165) is 29.2 Å². The minimum Gasteiger partial charge on any atom is -0.497 e. The van der Waals surface area contributed by atoms with Gasteiger partial charge in [-0.25, -0.2) is 0 Å². The van der Waals surface area contributed by atoms with Gasteiger partial charge in [0.1, 0.15) is 11.5 Å². The number of alkyl halides is 1. The second kappa shape index (κ2) is 5.27. The van der Waals surface area contributed by atoms with Crippen LogP contribution in [0.4, 0.5) is 0 Å². The van der Waals surface area contributed by atoms with E-state index >= 15 is 0 Å². The summed E-state index contributed by atoms with van der Waals surface area (Å²) in [6.07, 6.45) is 0. The number of ether oxygens (including phenoxy) is 2. The van der Waals surface area contributed by atoms with Crippen LogP contribution in [0.3, 0.4) is 0 Å². The Morgan fingerprint density at radius 2 is 1.90 bits per heavy atom. The van der Waals surface area contributed by atoms with Gasteiger partial charge in [-0.15, -0.1) is 11.6 Å². The van der Waals surface area contributed by atoms with Crippen LogP contribution in [-0.2, 0) is 5.41 Å². The lowest BCUT2D eigenvalue weighted by molar-refractivity contribution is 0.291. The maximum Gasteiger partial charge on any atom is 0.123 e. The predicted octanol–water partition coefficient (Wildman–Crippen LogP) is 4.69. The quantitative estimate of drug-likeness (QED) is 0.766. The average Bonchev–Trinajstić information content (AvgIpc) is 2.81. The number of halogens is 1. The molecule has 2 aromatic rings. The molecule has 1 unspecified atom stereocenters. The second-order valence-corrected chi connectivity index (χ2v) is 6.50. The largest absolute Gasteiger partial charge is 0.497 e. The molecule has 0 saturated heterocycles. The van der Waals surface area contributed by atoms with Crippen LogP contribution in [0.15, 0.2) is 42.5 Å². The summed E-state index contributed by atoms with van der Waals surface area (Å²) in [6.45, 7) is 5.10. The first-order chi connectivity index (χ1) is 10.0. The molecule has 0 radical (unpaired) electrons. The van der Waals surface area contributed by atoms with Gasteiger partial charge in [0.2, 0.25) is 0 Å². The Hall–Kier alpha value is -1.67. The van der Waals surface area contributed by atoms with Gasteiger partial charge in [0.25, 0.3) is 0 Å². The number of hydrogen-bond acceptors (Lipinski definition) is 2. The summed E-state index contributed by atoms with van der Waals surface area (Å²) in [6, 6.07) is 14.1. The van der Waals surface area contributed by atoms with Crippen LogP contribution in [0.2, 0.25) is 0 Å². The first-order valence-corrected chi connectivity index (χ1v) is 7.50. The first kappa shape index (κ1) is 14.3. The molecule has 0 N–H and O–H groups in total. The molecular formula is C18H19ClO2.